The number of rotatable bonds is 4. The van der Waals surface area contributed by atoms with Crippen LogP contribution in [0.2, 0.25) is 4.34 Å². The molecule has 0 amide bonds. The van der Waals surface area contributed by atoms with Gasteiger partial charge in [-0.25, -0.2) is 8.60 Å². The number of halogens is 4. The molecule has 0 bridgehead atoms. The van der Waals surface area contributed by atoms with Crippen LogP contribution < -0.4 is 4.57 Å². The molecule has 0 fully saturated rings. The summed E-state index contributed by atoms with van der Waals surface area (Å²) in [5, 5.41) is 0. The fraction of sp³-hybridized carbons (Fsp3) is 0.375. The molecule has 90 valence electrons. The third-order valence-corrected chi connectivity index (χ3v) is 4.83. The maximum Gasteiger partial charge on any atom is 0.328 e. The lowest BCUT2D eigenvalue weighted by Crippen LogP contribution is -2.30. The zero-order valence-electron chi connectivity index (χ0n) is 8.18. The van der Waals surface area contributed by atoms with Gasteiger partial charge >= 0.3 is 10.4 Å². The Kier molecular flexibility index (Phi) is 4.94. The molecule has 1 heterocycles. The van der Waals surface area contributed by atoms with E-state index < -0.39 is 29.1 Å². The van der Waals surface area contributed by atoms with Gasteiger partial charge in [0.25, 0.3) is 0 Å². The van der Waals surface area contributed by atoms with Crippen LogP contribution in [0.4, 0.5) is 13.2 Å². The van der Waals surface area contributed by atoms with Gasteiger partial charge in [0.1, 0.15) is 17.8 Å². The normalized spacial score (nSPS) is 12.6. The van der Waals surface area contributed by atoms with Gasteiger partial charge in [-0.3, -0.25) is 0 Å². The van der Waals surface area contributed by atoms with Gasteiger partial charge < -0.3 is 0 Å². The molecule has 8 heteroatoms. The SMILES string of the molecule is C[n+]1cc(Cl)sc1S(=O)CCC(F)=C(F)F. The molecule has 16 heavy (non-hydrogen) atoms. The molecule has 0 saturated heterocycles. The van der Waals surface area contributed by atoms with Crippen molar-refractivity contribution in [3.63, 3.8) is 0 Å². The molecule has 1 aromatic heterocycles. The second-order valence-corrected chi connectivity index (χ2v) is 6.28. The average Bonchev–Trinajstić information content (AvgIpc) is 2.53. The summed E-state index contributed by atoms with van der Waals surface area (Å²) in [5.41, 5.74) is 0. The number of thiazole rings is 1. The molecule has 0 saturated carbocycles. The van der Waals surface area contributed by atoms with Crippen LogP contribution in [0.15, 0.2) is 22.4 Å². The fourth-order valence-corrected chi connectivity index (χ4v) is 3.84. The van der Waals surface area contributed by atoms with Gasteiger partial charge in [0.2, 0.25) is 0 Å². The highest BCUT2D eigenvalue weighted by atomic mass is 35.5. The van der Waals surface area contributed by atoms with E-state index in [1.165, 1.54) is 4.57 Å². The van der Waals surface area contributed by atoms with Gasteiger partial charge in [0, 0.05) is 12.2 Å². The quantitative estimate of drug-likeness (QED) is 0.781. The van der Waals surface area contributed by atoms with Gasteiger partial charge in [-0.1, -0.05) is 11.6 Å². The Labute approximate surface area is 102 Å². The van der Waals surface area contributed by atoms with Gasteiger partial charge in [0.05, 0.1) is 0 Å². The third kappa shape index (κ3) is 3.57. The molecule has 0 aromatic carbocycles. The van der Waals surface area contributed by atoms with Crippen molar-refractivity contribution in [2.45, 2.75) is 10.8 Å². The van der Waals surface area contributed by atoms with Crippen LogP contribution >= 0.6 is 22.9 Å². The maximum absolute atomic E-state index is 12.5. The summed E-state index contributed by atoms with van der Waals surface area (Å²) in [6, 6.07) is 0. The summed E-state index contributed by atoms with van der Waals surface area (Å²) in [6.07, 6.45) is -1.34. The largest absolute Gasteiger partial charge is 0.328 e. The Balaban J connectivity index is 2.67. The number of aromatic nitrogens is 1. The summed E-state index contributed by atoms with van der Waals surface area (Å²) >= 11 is 6.77. The first-order valence-electron chi connectivity index (χ1n) is 4.14. The molecule has 2 nitrogen and oxygen atoms in total. The molecular weight excluding hydrogens is 283 g/mol. The maximum atomic E-state index is 12.5. The predicted molar refractivity (Wildman–Crippen MR) is 56.7 cm³/mol. The highest BCUT2D eigenvalue weighted by Crippen LogP contribution is 2.21. The molecule has 0 aliphatic rings. The molecule has 0 spiro atoms. The van der Waals surface area contributed by atoms with Crippen LogP contribution in [0, 0.1) is 0 Å². The molecule has 1 atom stereocenters. The number of aryl methyl sites for hydroxylation is 1. The lowest BCUT2D eigenvalue weighted by molar-refractivity contribution is -0.702. The minimum Gasteiger partial charge on any atom is -0.247 e. The Morgan fingerprint density at radius 3 is 2.62 bits per heavy atom. The van der Waals surface area contributed by atoms with Crippen molar-refractivity contribution in [2.24, 2.45) is 7.05 Å². The monoisotopic (exact) mass is 290 g/mol. The molecule has 0 N–H and O–H groups in total. The standard InChI is InChI=1S/C8H8ClF3NOS2/c1-13-4-6(9)15-8(13)16(14)3-2-5(10)7(11)12/h4H,2-3H2,1H3/q+1. The summed E-state index contributed by atoms with van der Waals surface area (Å²) in [6.45, 7) is 0. The van der Waals surface area contributed by atoms with E-state index >= 15 is 0 Å². The van der Waals surface area contributed by atoms with E-state index in [0.29, 0.717) is 8.68 Å². The van der Waals surface area contributed by atoms with Crippen molar-refractivity contribution < 1.29 is 21.9 Å². The van der Waals surface area contributed by atoms with Crippen LogP contribution in [0.3, 0.4) is 0 Å². The summed E-state index contributed by atoms with van der Waals surface area (Å²) in [5.74, 6) is -1.70. The summed E-state index contributed by atoms with van der Waals surface area (Å²) in [4.78, 5) is 0. The molecule has 0 aliphatic heterocycles. The molecular formula is C8H8ClF3NOS2+. The highest BCUT2D eigenvalue weighted by Gasteiger charge is 2.20. The van der Waals surface area contributed by atoms with E-state index in [9.17, 15) is 17.4 Å². The topological polar surface area (TPSA) is 20.9 Å². The third-order valence-electron chi connectivity index (χ3n) is 1.67. The van der Waals surface area contributed by atoms with E-state index in [2.05, 4.69) is 0 Å². The Bertz CT molecular complexity index is 442. The first-order chi connectivity index (χ1) is 7.41. The van der Waals surface area contributed by atoms with Crippen molar-refractivity contribution in [2.75, 3.05) is 5.75 Å². The first kappa shape index (κ1) is 13.7. The number of hydrogen-bond acceptors (Lipinski definition) is 2. The van der Waals surface area contributed by atoms with E-state index in [-0.39, 0.29) is 5.75 Å². The number of allylic oxidation sites excluding steroid dienone is 1. The second-order valence-electron chi connectivity index (χ2n) is 2.88. The van der Waals surface area contributed by atoms with Gasteiger partial charge in [-0.15, -0.1) is 0 Å². The van der Waals surface area contributed by atoms with Gasteiger partial charge in [0.15, 0.2) is 16.4 Å². The van der Waals surface area contributed by atoms with Gasteiger partial charge in [-0.05, 0) is 11.3 Å². The van der Waals surface area contributed by atoms with Crippen molar-refractivity contribution in [3.8, 4) is 0 Å². The van der Waals surface area contributed by atoms with Crippen LogP contribution in [0.5, 0.6) is 0 Å². The van der Waals surface area contributed by atoms with Crippen LogP contribution in [0.25, 0.3) is 0 Å². The first-order valence-corrected chi connectivity index (χ1v) is 6.66. The summed E-state index contributed by atoms with van der Waals surface area (Å²) < 4.78 is 50.0. The molecule has 1 aromatic rings. The van der Waals surface area contributed by atoms with E-state index in [1.807, 2.05) is 0 Å². The van der Waals surface area contributed by atoms with Crippen molar-refractivity contribution >= 4 is 33.7 Å². The number of hydrogen-bond donors (Lipinski definition) is 0. The highest BCUT2D eigenvalue weighted by molar-refractivity contribution is 7.87. The zero-order valence-corrected chi connectivity index (χ0v) is 10.6. The van der Waals surface area contributed by atoms with Crippen molar-refractivity contribution in [3.05, 3.63) is 22.4 Å². The Hall–Kier alpha value is -0.400. The minimum absolute atomic E-state index is 0.187. The smallest absolute Gasteiger partial charge is 0.247 e. The lowest BCUT2D eigenvalue weighted by atomic mass is 10.4. The molecule has 0 aliphatic carbocycles. The van der Waals surface area contributed by atoms with E-state index in [4.69, 9.17) is 11.6 Å². The molecule has 0 radical (unpaired) electrons. The predicted octanol–water partition coefficient (Wildman–Crippen LogP) is 2.80. The lowest BCUT2D eigenvalue weighted by Gasteiger charge is -1.95. The molecule has 1 unspecified atom stereocenters. The van der Waals surface area contributed by atoms with E-state index in [1.54, 1.807) is 13.2 Å². The molecule has 1 rings (SSSR count). The fourth-order valence-electron chi connectivity index (χ4n) is 0.958. The van der Waals surface area contributed by atoms with Gasteiger partial charge in [-0.2, -0.15) is 13.3 Å². The van der Waals surface area contributed by atoms with Crippen LogP contribution in [-0.4, -0.2) is 9.96 Å². The Morgan fingerprint density at radius 1 is 1.56 bits per heavy atom. The number of nitrogens with zero attached hydrogens (tertiary/aromatic N) is 1. The van der Waals surface area contributed by atoms with Crippen LogP contribution in [-0.2, 0) is 17.8 Å². The average molecular weight is 291 g/mol. The second kappa shape index (κ2) is 5.79. The van der Waals surface area contributed by atoms with E-state index in [0.717, 1.165) is 11.3 Å². The summed E-state index contributed by atoms with van der Waals surface area (Å²) in [7, 11) is 0.115. The minimum atomic E-state index is -2.36. The van der Waals surface area contributed by atoms with Crippen molar-refractivity contribution in [1.82, 2.24) is 0 Å². The zero-order chi connectivity index (χ0) is 12.3. The van der Waals surface area contributed by atoms with Crippen LogP contribution in [0.1, 0.15) is 6.42 Å². The van der Waals surface area contributed by atoms with Crippen molar-refractivity contribution in [1.29, 1.82) is 0 Å². The Morgan fingerprint density at radius 2 is 2.19 bits per heavy atom.